The minimum absolute atomic E-state index is 0.0157. The fourth-order valence-corrected chi connectivity index (χ4v) is 3.25. The highest BCUT2D eigenvalue weighted by atomic mass is 32.2. The summed E-state index contributed by atoms with van der Waals surface area (Å²) in [5.74, 6) is 0.255. The normalized spacial score (nSPS) is 15.0. The van der Waals surface area contributed by atoms with Crippen LogP contribution < -0.4 is 4.74 Å². The predicted molar refractivity (Wildman–Crippen MR) is 90.9 cm³/mol. The third-order valence-corrected chi connectivity index (χ3v) is 4.91. The van der Waals surface area contributed by atoms with Gasteiger partial charge >= 0.3 is 0 Å². The van der Waals surface area contributed by atoms with Crippen LogP contribution in [0.4, 0.5) is 4.39 Å². The molecular weight excluding hydrogens is 345 g/mol. The van der Waals surface area contributed by atoms with Crippen LogP contribution in [-0.2, 0) is 4.79 Å². The van der Waals surface area contributed by atoms with E-state index in [-0.39, 0.29) is 17.0 Å². The number of aromatic nitrogens is 4. The lowest BCUT2D eigenvalue weighted by Crippen LogP contribution is -2.36. The second kappa shape index (κ2) is 7.81. The van der Waals surface area contributed by atoms with E-state index in [1.165, 1.54) is 23.9 Å². The SMILES string of the molecule is CC(Sc1nnnn1C1CC1)C(=O)N(C)CCOc1ccc(F)cc1. The molecule has 1 aliphatic rings. The van der Waals surface area contributed by atoms with E-state index in [0.717, 1.165) is 12.8 Å². The summed E-state index contributed by atoms with van der Waals surface area (Å²) in [5.41, 5.74) is 0. The van der Waals surface area contributed by atoms with Gasteiger partial charge in [0.05, 0.1) is 17.8 Å². The summed E-state index contributed by atoms with van der Waals surface area (Å²) in [5, 5.41) is 12.1. The van der Waals surface area contributed by atoms with Crippen LogP contribution in [0.5, 0.6) is 5.75 Å². The van der Waals surface area contributed by atoms with E-state index < -0.39 is 0 Å². The lowest BCUT2D eigenvalue weighted by molar-refractivity contribution is -0.129. The Hall–Kier alpha value is -2.16. The first kappa shape index (κ1) is 17.7. The molecule has 0 saturated heterocycles. The second-order valence-electron chi connectivity index (χ2n) is 5.96. The minimum atomic E-state index is -0.306. The fourth-order valence-electron chi connectivity index (χ4n) is 2.27. The van der Waals surface area contributed by atoms with E-state index in [0.29, 0.717) is 30.1 Å². The van der Waals surface area contributed by atoms with Gasteiger partial charge in [0, 0.05) is 7.05 Å². The zero-order chi connectivity index (χ0) is 17.8. The van der Waals surface area contributed by atoms with Crippen molar-refractivity contribution < 1.29 is 13.9 Å². The number of carbonyl (C=O) groups is 1. The van der Waals surface area contributed by atoms with Crippen LogP contribution >= 0.6 is 11.8 Å². The number of amides is 1. The summed E-state index contributed by atoms with van der Waals surface area (Å²) in [7, 11) is 1.73. The molecular formula is C16H20FN5O2S. The van der Waals surface area contributed by atoms with Gasteiger partial charge in [0.1, 0.15) is 18.2 Å². The molecule has 1 aliphatic carbocycles. The molecule has 1 heterocycles. The number of carbonyl (C=O) groups excluding carboxylic acids is 1. The second-order valence-corrected chi connectivity index (χ2v) is 7.27. The molecule has 1 unspecified atom stereocenters. The third kappa shape index (κ3) is 4.68. The molecule has 134 valence electrons. The molecule has 0 radical (unpaired) electrons. The summed E-state index contributed by atoms with van der Waals surface area (Å²) >= 11 is 1.37. The highest BCUT2D eigenvalue weighted by molar-refractivity contribution is 8.00. The van der Waals surface area contributed by atoms with Crippen molar-refractivity contribution in [3.8, 4) is 5.75 Å². The Morgan fingerprint density at radius 2 is 2.16 bits per heavy atom. The first-order chi connectivity index (χ1) is 12.0. The summed E-state index contributed by atoms with van der Waals surface area (Å²) in [6.07, 6.45) is 2.17. The number of ether oxygens (including phenoxy) is 1. The van der Waals surface area contributed by atoms with E-state index in [2.05, 4.69) is 15.5 Å². The van der Waals surface area contributed by atoms with Crippen molar-refractivity contribution in [2.75, 3.05) is 20.2 Å². The van der Waals surface area contributed by atoms with E-state index in [9.17, 15) is 9.18 Å². The average Bonchev–Trinajstić information content (AvgIpc) is 3.35. The average molecular weight is 365 g/mol. The summed E-state index contributed by atoms with van der Waals surface area (Å²) in [4.78, 5) is 14.1. The largest absolute Gasteiger partial charge is 0.492 e. The molecule has 1 amide bonds. The lowest BCUT2D eigenvalue weighted by Gasteiger charge is -2.21. The zero-order valence-electron chi connectivity index (χ0n) is 14.1. The van der Waals surface area contributed by atoms with Gasteiger partial charge in [0.15, 0.2) is 0 Å². The molecule has 1 aromatic carbocycles. The number of benzene rings is 1. The Morgan fingerprint density at radius 3 is 2.84 bits per heavy atom. The molecule has 2 aromatic rings. The van der Waals surface area contributed by atoms with Gasteiger partial charge < -0.3 is 9.64 Å². The van der Waals surface area contributed by atoms with Crippen LogP contribution in [0.15, 0.2) is 29.4 Å². The molecule has 0 aliphatic heterocycles. The predicted octanol–water partition coefficient (Wildman–Crippen LogP) is 2.17. The van der Waals surface area contributed by atoms with Crippen molar-refractivity contribution in [1.82, 2.24) is 25.1 Å². The molecule has 1 aromatic heterocycles. The number of nitrogens with zero attached hydrogens (tertiary/aromatic N) is 5. The highest BCUT2D eigenvalue weighted by Gasteiger charge is 2.30. The lowest BCUT2D eigenvalue weighted by atomic mass is 10.3. The van der Waals surface area contributed by atoms with Gasteiger partial charge in [0.25, 0.3) is 0 Å². The molecule has 0 bridgehead atoms. The number of halogens is 1. The molecule has 7 nitrogen and oxygen atoms in total. The summed E-state index contributed by atoms with van der Waals surface area (Å²) < 4.78 is 20.2. The first-order valence-corrected chi connectivity index (χ1v) is 9.00. The maximum Gasteiger partial charge on any atom is 0.235 e. The Kier molecular flexibility index (Phi) is 5.52. The minimum Gasteiger partial charge on any atom is -0.492 e. The molecule has 9 heteroatoms. The van der Waals surface area contributed by atoms with Gasteiger partial charge in [-0.2, -0.15) is 0 Å². The number of tetrazole rings is 1. The van der Waals surface area contributed by atoms with Crippen molar-refractivity contribution in [2.24, 2.45) is 0 Å². The van der Waals surface area contributed by atoms with Gasteiger partial charge in [-0.05, 0) is 54.5 Å². The van der Waals surface area contributed by atoms with Gasteiger partial charge in [-0.1, -0.05) is 11.8 Å². The highest BCUT2D eigenvalue weighted by Crippen LogP contribution is 2.37. The first-order valence-electron chi connectivity index (χ1n) is 8.12. The van der Waals surface area contributed by atoms with E-state index in [1.807, 2.05) is 6.92 Å². The Bertz CT molecular complexity index is 720. The van der Waals surface area contributed by atoms with Crippen molar-refractivity contribution in [1.29, 1.82) is 0 Å². The van der Waals surface area contributed by atoms with Crippen LogP contribution in [-0.4, -0.2) is 56.5 Å². The smallest absolute Gasteiger partial charge is 0.235 e. The molecule has 0 spiro atoms. The van der Waals surface area contributed by atoms with Crippen LogP contribution in [0.3, 0.4) is 0 Å². The van der Waals surface area contributed by atoms with E-state index in [1.54, 1.807) is 28.8 Å². The van der Waals surface area contributed by atoms with Crippen LogP contribution in [0.25, 0.3) is 0 Å². The fraction of sp³-hybridized carbons (Fsp3) is 0.500. The summed E-state index contributed by atoms with van der Waals surface area (Å²) in [6, 6.07) is 6.18. The van der Waals surface area contributed by atoms with E-state index in [4.69, 9.17) is 4.74 Å². The number of rotatable bonds is 8. The van der Waals surface area contributed by atoms with Gasteiger partial charge in [-0.3, -0.25) is 4.79 Å². The Labute approximate surface area is 149 Å². The molecule has 25 heavy (non-hydrogen) atoms. The number of hydrogen-bond acceptors (Lipinski definition) is 6. The molecule has 1 saturated carbocycles. The zero-order valence-corrected chi connectivity index (χ0v) is 14.9. The molecule has 1 fully saturated rings. The van der Waals surface area contributed by atoms with Crippen molar-refractivity contribution in [3.05, 3.63) is 30.1 Å². The topological polar surface area (TPSA) is 73.1 Å². The maximum atomic E-state index is 12.8. The van der Waals surface area contributed by atoms with Crippen LogP contribution in [0.2, 0.25) is 0 Å². The maximum absolute atomic E-state index is 12.8. The number of thioether (sulfide) groups is 1. The summed E-state index contributed by atoms with van der Waals surface area (Å²) in [6.45, 7) is 2.62. The van der Waals surface area contributed by atoms with Gasteiger partial charge in [-0.25, -0.2) is 9.07 Å². The Balaban J connectivity index is 1.46. The Morgan fingerprint density at radius 1 is 1.44 bits per heavy atom. The number of hydrogen-bond donors (Lipinski definition) is 0. The van der Waals surface area contributed by atoms with Gasteiger partial charge in [-0.15, -0.1) is 5.10 Å². The molecule has 0 N–H and O–H groups in total. The molecule has 3 rings (SSSR count). The van der Waals surface area contributed by atoms with Crippen LogP contribution in [0.1, 0.15) is 25.8 Å². The number of likely N-dealkylation sites (N-methyl/N-ethyl adjacent to an activating group) is 1. The van der Waals surface area contributed by atoms with Crippen molar-refractivity contribution >= 4 is 17.7 Å². The molecule has 1 atom stereocenters. The third-order valence-electron chi connectivity index (χ3n) is 3.87. The van der Waals surface area contributed by atoms with Crippen molar-refractivity contribution in [3.63, 3.8) is 0 Å². The quantitative estimate of drug-likeness (QED) is 0.668. The van der Waals surface area contributed by atoms with E-state index >= 15 is 0 Å². The van der Waals surface area contributed by atoms with Gasteiger partial charge in [0.2, 0.25) is 11.1 Å². The van der Waals surface area contributed by atoms with Crippen molar-refractivity contribution in [2.45, 2.75) is 36.2 Å². The monoisotopic (exact) mass is 365 g/mol. The van der Waals surface area contributed by atoms with Crippen LogP contribution in [0, 0.1) is 5.82 Å². The standard InChI is InChI=1S/C16H20FN5O2S/c1-11(25-16-18-19-20-22(16)13-5-6-13)15(23)21(2)9-10-24-14-7-3-12(17)4-8-14/h3-4,7-8,11,13H,5-6,9-10H2,1-2H3.